The second kappa shape index (κ2) is 6.17. The van der Waals surface area contributed by atoms with Gasteiger partial charge < -0.3 is 4.74 Å². The van der Waals surface area contributed by atoms with E-state index in [-0.39, 0.29) is 0 Å². The van der Waals surface area contributed by atoms with Crippen molar-refractivity contribution in [3.63, 3.8) is 0 Å². The Morgan fingerprint density at radius 2 is 2.00 bits per heavy atom. The van der Waals surface area contributed by atoms with Gasteiger partial charge in [0.1, 0.15) is 18.1 Å². The van der Waals surface area contributed by atoms with E-state index < -0.39 is 0 Å². The first kappa shape index (κ1) is 12.6. The molecule has 0 fully saturated rings. The van der Waals surface area contributed by atoms with E-state index in [2.05, 4.69) is 10.2 Å². The van der Waals surface area contributed by atoms with Crippen LogP contribution in [0.25, 0.3) is 6.08 Å². The van der Waals surface area contributed by atoms with Crippen LogP contribution in [-0.2, 0) is 6.61 Å². The van der Waals surface area contributed by atoms with Crippen LogP contribution in [0.3, 0.4) is 0 Å². The third-order valence-electron chi connectivity index (χ3n) is 2.33. The molecule has 2 rings (SSSR count). The fourth-order valence-corrected chi connectivity index (χ4v) is 1.60. The number of allylic oxidation sites excluding steroid dienone is 1. The average Bonchev–Trinajstić information content (AvgIpc) is 2.40. The molecule has 0 saturated carbocycles. The summed E-state index contributed by atoms with van der Waals surface area (Å²) in [6, 6.07) is 11.3. The first-order valence-electron chi connectivity index (χ1n) is 5.62. The molecule has 0 radical (unpaired) electrons. The largest absolute Gasteiger partial charge is 0.487 e. The fourth-order valence-electron chi connectivity index (χ4n) is 1.50. The number of para-hydroxylation sites is 1. The molecule has 4 heteroatoms. The Morgan fingerprint density at radius 1 is 1.17 bits per heavy atom. The monoisotopic (exact) mass is 260 g/mol. The molecule has 3 nitrogen and oxygen atoms in total. The molecule has 1 aromatic carbocycles. The van der Waals surface area contributed by atoms with Crippen LogP contribution in [0.4, 0.5) is 0 Å². The van der Waals surface area contributed by atoms with Gasteiger partial charge in [-0.2, -0.15) is 5.10 Å². The average molecular weight is 261 g/mol. The van der Waals surface area contributed by atoms with Crippen molar-refractivity contribution in [2.24, 2.45) is 0 Å². The fraction of sp³-hybridized carbons (Fsp3) is 0.143. The molecule has 0 aliphatic rings. The van der Waals surface area contributed by atoms with Crippen molar-refractivity contribution in [2.45, 2.75) is 13.5 Å². The topological polar surface area (TPSA) is 35.0 Å². The molecule has 1 heterocycles. The van der Waals surface area contributed by atoms with Crippen LogP contribution in [0.15, 0.2) is 42.5 Å². The summed E-state index contributed by atoms with van der Waals surface area (Å²) in [6.45, 7) is 2.35. The Labute approximate surface area is 111 Å². The zero-order valence-electron chi connectivity index (χ0n) is 10.0. The SMILES string of the molecule is C/C=C/c1ccccc1OCc1ccc(Cl)nn1. The Kier molecular flexibility index (Phi) is 4.31. The van der Waals surface area contributed by atoms with E-state index in [0.717, 1.165) is 17.0 Å². The lowest BCUT2D eigenvalue weighted by Crippen LogP contribution is -2.00. The summed E-state index contributed by atoms with van der Waals surface area (Å²) in [5, 5.41) is 8.10. The number of halogens is 1. The molecule has 0 spiro atoms. The maximum absolute atomic E-state index is 5.72. The van der Waals surface area contributed by atoms with Crippen molar-refractivity contribution in [1.29, 1.82) is 0 Å². The van der Waals surface area contributed by atoms with Gasteiger partial charge in [0, 0.05) is 5.56 Å². The van der Waals surface area contributed by atoms with E-state index in [9.17, 15) is 0 Å². The summed E-state index contributed by atoms with van der Waals surface area (Å²) >= 11 is 5.67. The summed E-state index contributed by atoms with van der Waals surface area (Å²) in [5.41, 5.74) is 1.79. The zero-order chi connectivity index (χ0) is 12.8. The highest BCUT2D eigenvalue weighted by atomic mass is 35.5. The molecule has 0 unspecified atom stereocenters. The number of nitrogens with zero attached hydrogens (tertiary/aromatic N) is 2. The van der Waals surface area contributed by atoms with E-state index in [1.54, 1.807) is 12.1 Å². The second-order valence-corrected chi connectivity index (χ2v) is 4.06. The van der Waals surface area contributed by atoms with Gasteiger partial charge in [0.2, 0.25) is 0 Å². The van der Waals surface area contributed by atoms with Gasteiger partial charge in [-0.05, 0) is 25.1 Å². The minimum Gasteiger partial charge on any atom is -0.487 e. The number of rotatable bonds is 4. The number of hydrogen-bond acceptors (Lipinski definition) is 3. The number of hydrogen-bond donors (Lipinski definition) is 0. The molecular weight excluding hydrogens is 248 g/mol. The molecule has 0 saturated heterocycles. The van der Waals surface area contributed by atoms with Crippen molar-refractivity contribution in [1.82, 2.24) is 10.2 Å². The van der Waals surface area contributed by atoms with E-state index in [1.165, 1.54) is 0 Å². The van der Waals surface area contributed by atoms with Gasteiger partial charge in [0.15, 0.2) is 5.15 Å². The molecule has 0 amide bonds. The highest BCUT2D eigenvalue weighted by molar-refractivity contribution is 6.29. The Bertz CT molecular complexity index is 538. The maximum Gasteiger partial charge on any atom is 0.151 e. The van der Waals surface area contributed by atoms with Gasteiger partial charge in [-0.3, -0.25) is 0 Å². The van der Waals surface area contributed by atoms with Crippen molar-refractivity contribution in [3.05, 3.63) is 58.9 Å². The van der Waals surface area contributed by atoms with Crippen LogP contribution in [0, 0.1) is 0 Å². The number of ether oxygens (including phenoxy) is 1. The summed E-state index contributed by atoms with van der Waals surface area (Å²) in [4.78, 5) is 0. The first-order valence-corrected chi connectivity index (χ1v) is 6.00. The highest BCUT2D eigenvalue weighted by Gasteiger charge is 2.01. The molecule has 0 atom stereocenters. The molecule has 92 valence electrons. The van der Waals surface area contributed by atoms with Crippen LogP contribution in [-0.4, -0.2) is 10.2 Å². The van der Waals surface area contributed by atoms with Gasteiger partial charge in [-0.15, -0.1) is 5.10 Å². The third kappa shape index (κ3) is 3.31. The Balaban J connectivity index is 2.08. The van der Waals surface area contributed by atoms with Crippen LogP contribution in [0.2, 0.25) is 5.15 Å². The van der Waals surface area contributed by atoms with Gasteiger partial charge in [0.25, 0.3) is 0 Å². The summed E-state index contributed by atoms with van der Waals surface area (Å²) < 4.78 is 5.72. The molecule has 0 N–H and O–H groups in total. The van der Waals surface area contributed by atoms with Crippen LogP contribution >= 0.6 is 11.6 Å². The molecule has 0 bridgehead atoms. The molecule has 18 heavy (non-hydrogen) atoms. The van der Waals surface area contributed by atoms with Gasteiger partial charge in [-0.1, -0.05) is 42.0 Å². The summed E-state index contributed by atoms with van der Waals surface area (Å²) in [6.07, 6.45) is 3.98. The number of aromatic nitrogens is 2. The molecule has 0 aliphatic carbocycles. The third-order valence-corrected chi connectivity index (χ3v) is 2.53. The predicted molar refractivity (Wildman–Crippen MR) is 72.5 cm³/mol. The van der Waals surface area contributed by atoms with Crippen molar-refractivity contribution < 1.29 is 4.74 Å². The van der Waals surface area contributed by atoms with E-state index in [4.69, 9.17) is 16.3 Å². The van der Waals surface area contributed by atoms with Crippen LogP contribution < -0.4 is 4.74 Å². The molecule has 1 aromatic heterocycles. The van der Waals surface area contributed by atoms with Crippen molar-refractivity contribution in [3.8, 4) is 5.75 Å². The minimum absolute atomic E-state index is 0.374. The van der Waals surface area contributed by atoms with Gasteiger partial charge >= 0.3 is 0 Å². The lowest BCUT2D eigenvalue weighted by atomic mass is 10.2. The van der Waals surface area contributed by atoms with Crippen LogP contribution in [0.5, 0.6) is 5.75 Å². The summed E-state index contributed by atoms with van der Waals surface area (Å²) in [7, 11) is 0. The standard InChI is InChI=1S/C14H13ClN2O/c1-2-5-11-6-3-4-7-13(11)18-10-12-8-9-14(15)17-16-12/h2-9H,10H2,1H3/b5-2+. The number of benzene rings is 1. The van der Waals surface area contributed by atoms with Crippen LogP contribution in [0.1, 0.15) is 18.2 Å². The van der Waals surface area contributed by atoms with E-state index >= 15 is 0 Å². The molecule has 0 aliphatic heterocycles. The maximum atomic E-state index is 5.72. The Hall–Kier alpha value is -1.87. The molecular formula is C14H13ClN2O. The minimum atomic E-state index is 0.374. The first-order chi connectivity index (χ1) is 8.79. The lowest BCUT2D eigenvalue weighted by molar-refractivity contribution is 0.299. The highest BCUT2D eigenvalue weighted by Crippen LogP contribution is 2.20. The lowest BCUT2D eigenvalue weighted by Gasteiger charge is -2.08. The van der Waals surface area contributed by atoms with Crippen molar-refractivity contribution in [2.75, 3.05) is 0 Å². The summed E-state index contributed by atoms with van der Waals surface area (Å²) in [5.74, 6) is 0.826. The van der Waals surface area contributed by atoms with E-state index in [0.29, 0.717) is 11.8 Å². The quantitative estimate of drug-likeness (QED) is 0.840. The smallest absolute Gasteiger partial charge is 0.151 e. The second-order valence-electron chi connectivity index (χ2n) is 3.67. The van der Waals surface area contributed by atoms with Gasteiger partial charge in [-0.25, -0.2) is 0 Å². The normalized spacial score (nSPS) is 10.8. The van der Waals surface area contributed by atoms with E-state index in [1.807, 2.05) is 43.3 Å². The zero-order valence-corrected chi connectivity index (χ0v) is 10.8. The van der Waals surface area contributed by atoms with Crippen molar-refractivity contribution >= 4 is 17.7 Å². The predicted octanol–water partition coefficient (Wildman–Crippen LogP) is 3.74. The molecule has 2 aromatic rings. The van der Waals surface area contributed by atoms with Gasteiger partial charge in [0.05, 0.1) is 0 Å². The Morgan fingerprint density at radius 3 is 2.72 bits per heavy atom.